The Morgan fingerprint density at radius 3 is 2.56 bits per heavy atom. The molecule has 6 heteroatoms. The van der Waals surface area contributed by atoms with Crippen molar-refractivity contribution in [1.82, 2.24) is 9.88 Å². The molecule has 0 aliphatic carbocycles. The number of hydrogen-bond acceptors (Lipinski definition) is 5. The van der Waals surface area contributed by atoms with Crippen molar-refractivity contribution in [3.05, 3.63) is 40.9 Å². The van der Waals surface area contributed by atoms with Crippen molar-refractivity contribution in [2.45, 2.75) is 39.2 Å². The van der Waals surface area contributed by atoms with Crippen molar-refractivity contribution in [2.75, 3.05) is 13.1 Å². The van der Waals surface area contributed by atoms with Crippen LogP contribution in [0.5, 0.6) is 0 Å². The summed E-state index contributed by atoms with van der Waals surface area (Å²) in [6, 6.07) is 8.13. The Bertz CT molecular complexity index is 748. The van der Waals surface area contributed by atoms with E-state index in [1.54, 1.807) is 17.2 Å². The Morgan fingerprint density at radius 1 is 1.24 bits per heavy atom. The van der Waals surface area contributed by atoms with Crippen LogP contribution in [0.25, 0.3) is 10.6 Å². The summed E-state index contributed by atoms with van der Waals surface area (Å²) in [4.78, 5) is 30.6. The smallest absolute Gasteiger partial charge is 0.358 e. The molecule has 2 heterocycles. The lowest BCUT2D eigenvalue weighted by Gasteiger charge is -2.19. The highest BCUT2D eigenvalue weighted by atomic mass is 32.1. The average molecular weight is 358 g/mol. The molecule has 132 valence electrons. The Balaban J connectivity index is 1.64. The topological polar surface area (TPSA) is 59.5 Å². The monoisotopic (exact) mass is 358 g/mol. The van der Waals surface area contributed by atoms with E-state index in [4.69, 9.17) is 4.74 Å². The van der Waals surface area contributed by atoms with E-state index >= 15 is 0 Å². The van der Waals surface area contributed by atoms with E-state index in [1.165, 1.54) is 16.9 Å². The summed E-state index contributed by atoms with van der Waals surface area (Å²) < 4.78 is 5.31. The molecule has 0 unspecified atom stereocenters. The molecule has 3 rings (SSSR count). The minimum absolute atomic E-state index is 0.128. The van der Waals surface area contributed by atoms with Crippen molar-refractivity contribution >= 4 is 23.2 Å². The Labute approximate surface area is 151 Å². The number of hydrogen-bond donors (Lipinski definition) is 0. The second-order valence-corrected chi connectivity index (χ2v) is 7.03. The zero-order chi connectivity index (χ0) is 17.8. The highest BCUT2D eigenvalue weighted by Crippen LogP contribution is 2.24. The van der Waals surface area contributed by atoms with Gasteiger partial charge in [-0.2, -0.15) is 0 Å². The summed E-state index contributed by atoms with van der Waals surface area (Å²) in [5, 5.41) is 2.45. The van der Waals surface area contributed by atoms with Crippen LogP contribution in [0.15, 0.2) is 29.6 Å². The molecule has 1 fully saturated rings. The maximum absolute atomic E-state index is 12.3. The van der Waals surface area contributed by atoms with E-state index in [2.05, 4.69) is 24.0 Å². The van der Waals surface area contributed by atoms with Crippen molar-refractivity contribution in [3.8, 4) is 10.6 Å². The maximum Gasteiger partial charge on any atom is 0.358 e. The van der Waals surface area contributed by atoms with Gasteiger partial charge in [-0.25, -0.2) is 9.78 Å². The van der Waals surface area contributed by atoms with E-state index in [0.717, 1.165) is 42.9 Å². The molecule has 1 amide bonds. The van der Waals surface area contributed by atoms with Gasteiger partial charge >= 0.3 is 5.97 Å². The second kappa shape index (κ2) is 7.78. The van der Waals surface area contributed by atoms with Crippen molar-refractivity contribution in [3.63, 3.8) is 0 Å². The summed E-state index contributed by atoms with van der Waals surface area (Å²) in [5.41, 5.74) is 2.48. The minimum atomic E-state index is -0.778. The highest BCUT2D eigenvalue weighted by Gasteiger charge is 2.27. The first-order chi connectivity index (χ1) is 12.1. The fraction of sp³-hybridized carbons (Fsp3) is 0.421. The first-order valence-electron chi connectivity index (χ1n) is 8.63. The van der Waals surface area contributed by atoms with Gasteiger partial charge in [0.2, 0.25) is 0 Å². The van der Waals surface area contributed by atoms with Crippen LogP contribution in [-0.2, 0) is 16.0 Å². The first-order valence-corrected chi connectivity index (χ1v) is 9.51. The molecular weight excluding hydrogens is 336 g/mol. The van der Waals surface area contributed by atoms with Crippen LogP contribution < -0.4 is 0 Å². The maximum atomic E-state index is 12.3. The molecule has 2 aromatic rings. The molecule has 5 nitrogen and oxygen atoms in total. The molecule has 1 aromatic heterocycles. The Morgan fingerprint density at radius 2 is 1.92 bits per heavy atom. The molecule has 0 bridgehead atoms. The summed E-state index contributed by atoms with van der Waals surface area (Å²) in [5.74, 6) is -0.677. The Kier molecular flexibility index (Phi) is 5.48. The molecule has 1 aliphatic heterocycles. The second-order valence-electron chi connectivity index (χ2n) is 6.17. The van der Waals surface area contributed by atoms with Gasteiger partial charge in [0, 0.05) is 24.0 Å². The van der Waals surface area contributed by atoms with E-state index in [1.807, 2.05) is 12.1 Å². The van der Waals surface area contributed by atoms with Crippen LogP contribution in [0.1, 0.15) is 42.7 Å². The third kappa shape index (κ3) is 4.07. The molecule has 0 N–H and O–H groups in total. The standard InChI is InChI=1S/C19H22N2O3S/c1-3-14-6-8-15(9-7-14)17-20-16(12-25-17)19(23)24-13(2)18(22)21-10-4-5-11-21/h6-9,12-13H,3-5,10-11H2,1-2H3/t13-/m1/s1. The summed E-state index contributed by atoms with van der Waals surface area (Å²) in [7, 11) is 0. The lowest BCUT2D eigenvalue weighted by molar-refractivity contribution is -0.138. The van der Waals surface area contributed by atoms with Crippen LogP contribution in [0, 0.1) is 0 Å². The van der Waals surface area contributed by atoms with Crippen LogP contribution in [0.2, 0.25) is 0 Å². The first kappa shape index (κ1) is 17.6. The van der Waals surface area contributed by atoms with Gasteiger partial charge in [0.05, 0.1) is 0 Å². The van der Waals surface area contributed by atoms with Gasteiger partial charge in [-0.05, 0) is 31.7 Å². The van der Waals surface area contributed by atoms with E-state index < -0.39 is 12.1 Å². The lowest BCUT2D eigenvalue weighted by Crippen LogP contribution is -2.38. The number of esters is 1. The van der Waals surface area contributed by atoms with Gasteiger partial charge in [-0.1, -0.05) is 31.2 Å². The van der Waals surface area contributed by atoms with Gasteiger partial charge in [-0.15, -0.1) is 11.3 Å². The predicted octanol–water partition coefficient (Wildman–Crippen LogP) is 3.54. The number of likely N-dealkylation sites (tertiary alicyclic amines) is 1. The van der Waals surface area contributed by atoms with Gasteiger partial charge in [0.25, 0.3) is 5.91 Å². The molecule has 0 saturated carbocycles. The van der Waals surface area contributed by atoms with Gasteiger partial charge in [-0.3, -0.25) is 4.79 Å². The van der Waals surface area contributed by atoms with Gasteiger partial charge in [0.1, 0.15) is 5.01 Å². The molecular formula is C19H22N2O3S. The third-order valence-electron chi connectivity index (χ3n) is 4.37. The number of aryl methyl sites for hydroxylation is 1. The van der Waals surface area contributed by atoms with Crippen LogP contribution in [-0.4, -0.2) is 41.0 Å². The quantitative estimate of drug-likeness (QED) is 0.767. The molecule has 1 aromatic carbocycles. The number of thiazole rings is 1. The van der Waals surface area contributed by atoms with Crippen LogP contribution >= 0.6 is 11.3 Å². The Hall–Kier alpha value is -2.21. The zero-order valence-electron chi connectivity index (χ0n) is 14.5. The predicted molar refractivity (Wildman–Crippen MR) is 97.6 cm³/mol. The fourth-order valence-corrected chi connectivity index (χ4v) is 3.64. The van der Waals surface area contributed by atoms with Gasteiger partial charge < -0.3 is 9.64 Å². The number of amides is 1. The normalized spacial score (nSPS) is 15.2. The van der Waals surface area contributed by atoms with Crippen molar-refractivity contribution < 1.29 is 14.3 Å². The molecule has 1 atom stereocenters. The largest absolute Gasteiger partial charge is 0.448 e. The number of carbonyl (C=O) groups excluding carboxylic acids is 2. The number of rotatable bonds is 5. The summed E-state index contributed by atoms with van der Waals surface area (Å²) in [6.45, 7) is 5.22. The minimum Gasteiger partial charge on any atom is -0.448 e. The SMILES string of the molecule is CCc1ccc(-c2nc(C(=O)O[C@H](C)C(=O)N3CCCC3)cs2)cc1. The van der Waals surface area contributed by atoms with Crippen molar-refractivity contribution in [1.29, 1.82) is 0 Å². The number of nitrogens with zero attached hydrogens (tertiary/aromatic N) is 2. The summed E-state index contributed by atoms with van der Waals surface area (Å²) >= 11 is 1.40. The lowest BCUT2D eigenvalue weighted by atomic mass is 10.1. The number of ether oxygens (including phenoxy) is 1. The zero-order valence-corrected chi connectivity index (χ0v) is 15.3. The number of carbonyl (C=O) groups is 2. The molecule has 0 spiro atoms. The van der Waals surface area contributed by atoms with Gasteiger partial charge in [0.15, 0.2) is 11.8 Å². The van der Waals surface area contributed by atoms with Crippen molar-refractivity contribution in [2.24, 2.45) is 0 Å². The van der Waals surface area contributed by atoms with Crippen LogP contribution in [0.3, 0.4) is 0 Å². The van der Waals surface area contributed by atoms with Crippen LogP contribution in [0.4, 0.5) is 0 Å². The summed E-state index contributed by atoms with van der Waals surface area (Å²) in [6.07, 6.45) is 2.23. The molecule has 0 radical (unpaired) electrons. The average Bonchev–Trinajstić information content (AvgIpc) is 3.33. The third-order valence-corrected chi connectivity index (χ3v) is 5.26. The number of benzene rings is 1. The van der Waals surface area contributed by atoms with E-state index in [-0.39, 0.29) is 11.6 Å². The van der Waals surface area contributed by atoms with E-state index in [0.29, 0.717) is 0 Å². The molecule has 25 heavy (non-hydrogen) atoms. The number of aromatic nitrogens is 1. The molecule has 1 aliphatic rings. The highest BCUT2D eigenvalue weighted by molar-refractivity contribution is 7.13. The molecule has 1 saturated heterocycles. The van der Waals surface area contributed by atoms with E-state index in [9.17, 15) is 9.59 Å². The fourth-order valence-electron chi connectivity index (χ4n) is 2.85.